The minimum Gasteiger partial charge on any atom is -0.507 e. The molecule has 19 heavy (non-hydrogen) atoms. The van der Waals surface area contributed by atoms with Gasteiger partial charge in [0.15, 0.2) is 0 Å². The molecule has 0 atom stereocenters. The van der Waals surface area contributed by atoms with E-state index in [-0.39, 0.29) is 0 Å². The fraction of sp³-hybridized carbons (Fsp3) is 0.250. The van der Waals surface area contributed by atoms with Crippen LogP contribution < -0.4 is 4.72 Å². The van der Waals surface area contributed by atoms with Crippen molar-refractivity contribution < 1.29 is 5.11 Å². The standard InChI is InChI=1S/C14H15NOS.C2H6/c1-11-7-5-6-8-12(11)15-17-14-10-4-2-3-9-13(14)16;1-2/h2-9,15-16H,10H2,1H3;1-2H3. The highest BCUT2D eigenvalue weighted by molar-refractivity contribution is 8.04. The summed E-state index contributed by atoms with van der Waals surface area (Å²) in [5.74, 6) is 0.334. The molecular weight excluding hydrogens is 254 g/mol. The summed E-state index contributed by atoms with van der Waals surface area (Å²) in [5, 5.41) is 9.79. The first-order valence-corrected chi connectivity index (χ1v) is 7.33. The Balaban J connectivity index is 0.000000861. The second kappa shape index (κ2) is 8.48. The molecule has 0 amide bonds. The number of benzene rings is 1. The summed E-state index contributed by atoms with van der Waals surface area (Å²) in [5.41, 5.74) is 2.27. The van der Waals surface area contributed by atoms with Crippen molar-refractivity contribution in [2.75, 3.05) is 4.72 Å². The largest absolute Gasteiger partial charge is 0.507 e. The summed E-state index contributed by atoms with van der Waals surface area (Å²) in [4.78, 5) is 0.929. The normalized spacial score (nSPS) is 13.6. The van der Waals surface area contributed by atoms with Crippen LogP contribution in [0.2, 0.25) is 0 Å². The molecule has 1 aliphatic rings. The molecule has 0 heterocycles. The van der Waals surface area contributed by atoms with E-state index in [9.17, 15) is 5.11 Å². The maximum atomic E-state index is 9.79. The maximum Gasteiger partial charge on any atom is 0.127 e. The zero-order valence-electron chi connectivity index (χ0n) is 11.7. The molecule has 0 bridgehead atoms. The first kappa shape index (κ1) is 15.4. The highest BCUT2D eigenvalue weighted by Gasteiger charge is 2.05. The Bertz CT molecular complexity index is 489. The van der Waals surface area contributed by atoms with Gasteiger partial charge in [0, 0.05) is 12.1 Å². The summed E-state index contributed by atoms with van der Waals surface area (Å²) < 4.78 is 3.27. The lowest BCUT2D eigenvalue weighted by molar-refractivity contribution is 0.429. The van der Waals surface area contributed by atoms with Crippen LogP contribution in [-0.4, -0.2) is 5.11 Å². The van der Waals surface area contributed by atoms with Crippen LogP contribution in [0.4, 0.5) is 5.69 Å². The zero-order valence-corrected chi connectivity index (χ0v) is 12.5. The number of hydrogen-bond donors (Lipinski definition) is 2. The number of anilines is 1. The van der Waals surface area contributed by atoms with Gasteiger partial charge >= 0.3 is 0 Å². The minimum atomic E-state index is 0.334. The first-order valence-electron chi connectivity index (χ1n) is 6.51. The van der Waals surface area contributed by atoms with Crippen LogP contribution in [0.25, 0.3) is 0 Å². The van der Waals surface area contributed by atoms with Gasteiger partial charge in [0.25, 0.3) is 0 Å². The minimum absolute atomic E-state index is 0.334. The number of aryl methyl sites for hydroxylation is 1. The number of hydrogen-bond acceptors (Lipinski definition) is 3. The monoisotopic (exact) mass is 275 g/mol. The number of aliphatic hydroxyl groups excluding tert-OH is 1. The Hall–Kier alpha value is -1.61. The van der Waals surface area contributed by atoms with Crippen LogP contribution in [-0.2, 0) is 0 Å². The molecule has 0 spiro atoms. The van der Waals surface area contributed by atoms with Gasteiger partial charge in [0.2, 0.25) is 0 Å². The van der Waals surface area contributed by atoms with Crippen molar-refractivity contribution >= 4 is 17.6 Å². The van der Waals surface area contributed by atoms with Crippen molar-refractivity contribution in [3.05, 3.63) is 64.8 Å². The first-order chi connectivity index (χ1) is 9.27. The van der Waals surface area contributed by atoms with Crippen molar-refractivity contribution in [3.8, 4) is 0 Å². The van der Waals surface area contributed by atoms with E-state index in [0.29, 0.717) is 5.76 Å². The van der Waals surface area contributed by atoms with E-state index in [2.05, 4.69) is 17.7 Å². The molecule has 102 valence electrons. The lowest BCUT2D eigenvalue weighted by atomic mass is 10.2. The smallest absolute Gasteiger partial charge is 0.127 e. The second-order valence-electron chi connectivity index (χ2n) is 3.82. The summed E-state index contributed by atoms with van der Waals surface area (Å²) in [6.45, 7) is 6.06. The molecule has 0 saturated heterocycles. The van der Waals surface area contributed by atoms with Crippen LogP contribution in [0.3, 0.4) is 0 Å². The van der Waals surface area contributed by atoms with Crippen molar-refractivity contribution in [2.24, 2.45) is 0 Å². The van der Waals surface area contributed by atoms with Crippen LogP contribution in [0.15, 0.2) is 59.2 Å². The Morgan fingerprint density at radius 1 is 1.16 bits per heavy atom. The molecule has 2 N–H and O–H groups in total. The van der Waals surface area contributed by atoms with Gasteiger partial charge in [0.1, 0.15) is 5.76 Å². The van der Waals surface area contributed by atoms with Crippen LogP contribution >= 0.6 is 11.9 Å². The molecule has 0 fully saturated rings. The average Bonchev–Trinajstić information content (AvgIpc) is 2.65. The molecule has 3 heteroatoms. The zero-order chi connectivity index (χ0) is 14.1. The van der Waals surface area contributed by atoms with Crippen LogP contribution in [0.5, 0.6) is 0 Å². The van der Waals surface area contributed by atoms with E-state index >= 15 is 0 Å². The maximum absolute atomic E-state index is 9.79. The number of rotatable bonds is 3. The fourth-order valence-electron chi connectivity index (χ4n) is 1.50. The Morgan fingerprint density at radius 3 is 2.63 bits per heavy atom. The van der Waals surface area contributed by atoms with Gasteiger partial charge in [-0.2, -0.15) is 0 Å². The van der Waals surface area contributed by atoms with Gasteiger partial charge in [-0.25, -0.2) is 0 Å². The molecule has 0 aliphatic heterocycles. The van der Waals surface area contributed by atoms with Gasteiger partial charge in [-0.15, -0.1) is 0 Å². The molecule has 1 aliphatic carbocycles. The van der Waals surface area contributed by atoms with Crippen molar-refractivity contribution in [1.29, 1.82) is 0 Å². The highest BCUT2D eigenvalue weighted by atomic mass is 32.2. The van der Waals surface area contributed by atoms with E-state index in [1.165, 1.54) is 17.5 Å². The van der Waals surface area contributed by atoms with Crippen molar-refractivity contribution in [2.45, 2.75) is 27.2 Å². The van der Waals surface area contributed by atoms with E-state index < -0.39 is 0 Å². The Morgan fingerprint density at radius 2 is 1.89 bits per heavy atom. The van der Waals surface area contributed by atoms with Gasteiger partial charge in [-0.1, -0.05) is 50.3 Å². The summed E-state index contributed by atoms with van der Waals surface area (Å²) >= 11 is 1.46. The molecule has 1 aromatic rings. The van der Waals surface area contributed by atoms with Crippen molar-refractivity contribution in [3.63, 3.8) is 0 Å². The third-order valence-electron chi connectivity index (χ3n) is 2.52. The number of aliphatic hydroxyl groups is 1. The number of para-hydroxylation sites is 1. The Labute approximate surface area is 120 Å². The van der Waals surface area contributed by atoms with Crippen LogP contribution in [0, 0.1) is 6.92 Å². The number of allylic oxidation sites excluding steroid dienone is 5. The fourth-order valence-corrected chi connectivity index (χ4v) is 2.31. The van der Waals surface area contributed by atoms with E-state index in [1.807, 2.05) is 50.3 Å². The molecule has 2 rings (SSSR count). The quantitative estimate of drug-likeness (QED) is 0.728. The lowest BCUT2D eigenvalue weighted by Crippen LogP contribution is -1.92. The second-order valence-corrected chi connectivity index (χ2v) is 4.72. The third-order valence-corrected chi connectivity index (χ3v) is 3.46. The van der Waals surface area contributed by atoms with E-state index in [1.54, 1.807) is 6.08 Å². The molecule has 0 aromatic heterocycles. The number of nitrogens with one attached hydrogen (secondary N) is 1. The highest BCUT2D eigenvalue weighted by Crippen LogP contribution is 2.27. The van der Waals surface area contributed by atoms with Gasteiger partial charge in [-0.05, 0) is 36.6 Å². The van der Waals surface area contributed by atoms with E-state index in [4.69, 9.17) is 0 Å². The topological polar surface area (TPSA) is 32.3 Å². The Kier molecular flexibility index (Phi) is 6.90. The molecule has 0 unspecified atom stereocenters. The molecule has 1 aromatic carbocycles. The molecule has 0 radical (unpaired) electrons. The van der Waals surface area contributed by atoms with E-state index in [0.717, 1.165) is 17.0 Å². The molecule has 2 nitrogen and oxygen atoms in total. The van der Waals surface area contributed by atoms with Gasteiger partial charge in [0.05, 0.1) is 4.91 Å². The third kappa shape index (κ3) is 4.87. The molecule has 0 saturated carbocycles. The SMILES string of the molecule is CC.Cc1ccccc1NSC1=C(O)C=CC=CC1. The molecular formula is C16H21NOS. The summed E-state index contributed by atoms with van der Waals surface area (Å²) in [6.07, 6.45) is 8.28. The van der Waals surface area contributed by atoms with Gasteiger partial charge in [-0.3, -0.25) is 0 Å². The average molecular weight is 275 g/mol. The van der Waals surface area contributed by atoms with Gasteiger partial charge < -0.3 is 9.83 Å². The summed E-state index contributed by atoms with van der Waals surface area (Å²) in [7, 11) is 0. The van der Waals surface area contributed by atoms with Crippen LogP contribution in [0.1, 0.15) is 25.8 Å². The van der Waals surface area contributed by atoms with Crippen molar-refractivity contribution in [1.82, 2.24) is 0 Å². The predicted molar refractivity (Wildman–Crippen MR) is 86.3 cm³/mol. The predicted octanol–water partition coefficient (Wildman–Crippen LogP) is 5.37. The summed E-state index contributed by atoms with van der Waals surface area (Å²) in [6, 6.07) is 8.10. The lowest BCUT2D eigenvalue weighted by Gasteiger charge is -2.10.